The topological polar surface area (TPSA) is 26.3 Å². The van der Waals surface area contributed by atoms with Crippen molar-refractivity contribution in [2.45, 2.75) is 39.5 Å². The lowest BCUT2D eigenvalue weighted by Crippen LogP contribution is -2.04. The second kappa shape index (κ2) is 8.52. The third-order valence-electron chi connectivity index (χ3n) is 2.13. The van der Waals surface area contributed by atoms with Gasteiger partial charge >= 0.3 is 0 Å². The van der Waals surface area contributed by atoms with Crippen molar-refractivity contribution in [3.05, 3.63) is 0 Å². The summed E-state index contributed by atoms with van der Waals surface area (Å²) in [4.78, 5) is 10.4. The molecule has 1 heterocycles. The summed E-state index contributed by atoms with van der Waals surface area (Å²) in [5.74, 6) is 0.0802. The zero-order valence-corrected chi connectivity index (χ0v) is 9.27. The van der Waals surface area contributed by atoms with E-state index in [0.29, 0.717) is 0 Å². The smallest absolute Gasteiger partial charge is 0.224 e. The first-order valence-corrected chi connectivity index (χ1v) is 5.37. The second-order valence-corrected chi connectivity index (χ2v) is 3.51. The average molecular weight is 207 g/mol. The van der Waals surface area contributed by atoms with Crippen LogP contribution in [0.5, 0.6) is 0 Å². The molecule has 0 saturated carbocycles. The Labute approximate surface area is 85.6 Å². The van der Waals surface area contributed by atoms with Crippen molar-refractivity contribution in [3.63, 3.8) is 0 Å². The molecule has 1 aliphatic heterocycles. The first kappa shape index (κ1) is 12.9. The number of halogens is 1. The predicted molar refractivity (Wildman–Crippen MR) is 55.0 cm³/mol. The number of ether oxygens (including phenoxy) is 1. The average Bonchev–Trinajstić information content (AvgIpc) is 2.62. The predicted octanol–water partition coefficient (Wildman–Crippen LogP) is 2.98. The Bertz CT molecular complexity index is 121. The zero-order chi connectivity index (χ0) is 10.1. The number of rotatable bonds is 3. The van der Waals surface area contributed by atoms with Gasteiger partial charge in [-0.1, -0.05) is 13.8 Å². The molecule has 13 heavy (non-hydrogen) atoms. The maximum Gasteiger partial charge on any atom is 0.224 e. The summed E-state index contributed by atoms with van der Waals surface area (Å²) in [6, 6.07) is 0. The van der Waals surface area contributed by atoms with Crippen molar-refractivity contribution in [1.29, 1.82) is 0 Å². The highest BCUT2D eigenvalue weighted by Gasteiger charge is 2.09. The van der Waals surface area contributed by atoms with Gasteiger partial charge < -0.3 is 4.74 Å². The van der Waals surface area contributed by atoms with E-state index in [9.17, 15) is 4.79 Å². The fraction of sp³-hybridized carbons (Fsp3) is 0.900. The van der Waals surface area contributed by atoms with E-state index in [4.69, 9.17) is 16.3 Å². The molecule has 78 valence electrons. The van der Waals surface area contributed by atoms with Gasteiger partial charge in [0.2, 0.25) is 5.24 Å². The monoisotopic (exact) mass is 206 g/mol. The van der Waals surface area contributed by atoms with Gasteiger partial charge in [-0.15, -0.1) is 0 Å². The standard InChI is InChI=1S/C6H11ClO.C4H8O/c1-3-5(4-2)6(7)8;1-2-4-5-3-1/h5H,3-4H2,1-2H3;1-4H2. The summed E-state index contributed by atoms with van der Waals surface area (Å²) in [5, 5.41) is -0.199. The highest BCUT2D eigenvalue weighted by atomic mass is 35.5. The number of hydrogen-bond acceptors (Lipinski definition) is 2. The van der Waals surface area contributed by atoms with Crippen LogP contribution in [0, 0.1) is 5.92 Å². The molecule has 1 aliphatic rings. The van der Waals surface area contributed by atoms with Crippen LogP contribution in [0.1, 0.15) is 39.5 Å². The molecule has 0 N–H and O–H groups in total. The van der Waals surface area contributed by atoms with Crippen LogP contribution in [0.25, 0.3) is 0 Å². The van der Waals surface area contributed by atoms with Crippen LogP contribution in [0.4, 0.5) is 0 Å². The summed E-state index contributed by atoms with van der Waals surface area (Å²) in [6.07, 6.45) is 4.28. The normalized spacial score (nSPS) is 15.4. The molecule has 0 aromatic carbocycles. The third kappa shape index (κ3) is 7.03. The van der Waals surface area contributed by atoms with Crippen LogP contribution in [-0.2, 0) is 9.53 Å². The fourth-order valence-corrected chi connectivity index (χ4v) is 1.43. The molecular weight excluding hydrogens is 188 g/mol. The molecule has 0 radical (unpaired) electrons. The summed E-state index contributed by atoms with van der Waals surface area (Å²) in [6.45, 7) is 5.93. The van der Waals surface area contributed by atoms with Gasteiger partial charge in [-0.2, -0.15) is 0 Å². The lowest BCUT2D eigenvalue weighted by Gasteiger charge is -2.02. The molecule has 0 aromatic heterocycles. The molecule has 0 amide bonds. The second-order valence-electron chi connectivity index (χ2n) is 3.14. The lowest BCUT2D eigenvalue weighted by molar-refractivity contribution is -0.115. The SMILES string of the molecule is C1CCOC1.CCC(CC)C(=O)Cl. The Kier molecular flexibility index (Phi) is 8.46. The number of hydrogen-bond donors (Lipinski definition) is 0. The van der Waals surface area contributed by atoms with E-state index in [-0.39, 0.29) is 11.2 Å². The summed E-state index contributed by atoms with van der Waals surface area (Å²) >= 11 is 5.21. The van der Waals surface area contributed by atoms with Gasteiger partial charge in [0.05, 0.1) is 0 Å². The molecule has 1 saturated heterocycles. The van der Waals surface area contributed by atoms with Crippen LogP contribution in [-0.4, -0.2) is 18.5 Å². The van der Waals surface area contributed by atoms with Gasteiger partial charge in [-0.3, -0.25) is 4.79 Å². The minimum atomic E-state index is -0.199. The molecule has 0 aromatic rings. The summed E-state index contributed by atoms with van der Waals surface area (Å²) in [7, 11) is 0. The number of carbonyl (C=O) groups is 1. The molecule has 0 spiro atoms. The zero-order valence-electron chi connectivity index (χ0n) is 8.51. The maximum atomic E-state index is 10.4. The quantitative estimate of drug-likeness (QED) is 0.664. The van der Waals surface area contributed by atoms with Gasteiger partial charge in [-0.25, -0.2) is 0 Å². The van der Waals surface area contributed by atoms with E-state index in [1.54, 1.807) is 0 Å². The van der Waals surface area contributed by atoms with Crippen molar-refractivity contribution in [2.24, 2.45) is 5.92 Å². The first-order chi connectivity index (χ1) is 6.22. The highest BCUT2D eigenvalue weighted by molar-refractivity contribution is 6.63. The molecule has 0 bridgehead atoms. The van der Waals surface area contributed by atoms with Crippen molar-refractivity contribution in [1.82, 2.24) is 0 Å². The van der Waals surface area contributed by atoms with Gasteiger partial charge in [0.15, 0.2) is 0 Å². The lowest BCUT2D eigenvalue weighted by atomic mass is 10.1. The van der Waals surface area contributed by atoms with Gasteiger partial charge in [-0.05, 0) is 37.3 Å². The number of carbonyl (C=O) groups excluding carboxylic acids is 1. The van der Waals surface area contributed by atoms with Crippen LogP contribution in [0.3, 0.4) is 0 Å². The maximum absolute atomic E-state index is 10.4. The molecule has 0 unspecified atom stereocenters. The molecule has 0 aliphatic carbocycles. The Morgan fingerprint density at radius 1 is 1.31 bits per heavy atom. The molecule has 3 heteroatoms. The third-order valence-corrected chi connectivity index (χ3v) is 2.44. The van der Waals surface area contributed by atoms with E-state index in [2.05, 4.69) is 0 Å². The van der Waals surface area contributed by atoms with Crippen LogP contribution < -0.4 is 0 Å². The Balaban J connectivity index is 0.000000243. The first-order valence-electron chi connectivity index (χ1n) is 4.99. The van der Waals surface area contributed by atoms with Crippen molar-refractivity contribution in [3.8, 4) is 0 Å². The van der Waals surface area contributed by atoms with Crippen LogP contribution in [0.15, 0.2) is 0 Å². The van der Waals surface area contributed by atoms with E-state index in [1.165, 1.54) is 12.8 Å². The molecular formula is C10H19ClO2. The van der Waals surface area contributed by atoms with Gasteiger partial charge in [0, 0.05) is 19.1 Å². The van der Waals surface area contributed by atoms with Crippen molar-refractivity contribution >= 4 is 16.8 Å². The summed E-state index contributed by atoms with van der Waals surface area (Å²) < 4.78 is 4.94. The van der Waals surface area contributed by atoms with Gasteiger partial charge in [0.1, 0.15) is 0 Å². The largest absolute Gasteiger partial charge is 0.381 e. The molecule has 1 rings (SSSR count). The van der Waals surface area contributed by atoms with E-state index < -0.39 is 0 Å². The van der Waals surface area contributed by atoms with Crippen LogP contribution >= 0.6 is 11.6 Å². The Morgan fingerprint density at radius 3 is 1.85 bits per heavy atom. The highest BCUT2D eigenvalue weighted by Crippen LogP contribution is 2.10. The van der Waals surface area contributed by atoms with Crippen molar-refractivity contribution in [2.75, 3.05) is 13.2 Å². The van der Waals surface area contributed by atoms with Crippen LogP contribution in [0.2, 0.25) is 0 Å². The fourth-order valence-electron chi connectivity index (χ4n) is 1.12. The molecule has 1 fully saturated rings. The Morgan fingerprint density at radius 2 is 1.77 bits per heavy atom. The van der Waals surface area contributed by atoms with Crippen molar-refractivity contribution < 1.29 is 9.53 Å². The van der Waals surface area contributed by atoms with E-state index >= 15 is 0 Å². The summed E-state index contributed by atoms with van der Waals surface area (Å²) in [5.41, 5.74) is 0. The Hall–Kier alpha value is -0.0800. The van der Waals surface area contributed by atoms with E-state index in [0.717, 1.165) is 26.1 Å². The molecule has 0 atom stereocenters. The minimum absolute atomic E-state index is 0.0802. The molecule has 2 nitrogen and oxygen atoms in total. The van der Waals surface area contributed by atoms with E-state index in [1.807, 2.05) is 13.8 Å². The minimum Gasteiger partial charge on any atom is -0.381 e. The van der Waals surface area contributed by atoms with Gasteiger partial charge in [0.25, 0.3) is 0 Å².